The quantitative estimate of drug-likeness (QED) is 0.659. The first-order chi connectivity index (χ1) is 15.6. The second-order valence-electron chi connectivity index (χ2n) is 8.09. The third kappa shape index (κ3) is 3.95. The van der Waals surface area contributed by atoms with Gasteiger partial charge in [-0.15, -0.1) is 11.3 Å². The van der Waals surface area contributed by atoms with Gasteiger partial charge in [-0.3, -0.25) is 19.4 Å². The number of carbonyl (C=O) groups is 2. The number of aromatic amines is 1. The van der Waals surface area contributed by atoms with Crippen LogP contribution in [0.1, 0.15) is 51.2 Å². The maximum Gasteiger partial charge on any atom is 0.254 e. The van der Waals surface area contributed by atoms with Gasteiger partial charge >= 0.3 is 0 Å². The molecule has 2 amide bonds. The second kappa shape index (κ2) is 8.66. The van der Waals surface area contributed by atoms with Crippen molar-refractivity contribution in [2.45, 2.75) is 38.3 Å². The Hall–Kier alpha value is -3.33. The molecular formula is C23H23N5O3S. The first-order valence-electron chi connectivity index (χ1n) is 10.7. The number of rotatable bonds is 4. The van der Waals surface area contributed by atoms with Crippen LogP contribution in [0.2, 0.25) is 0 Å². The van der Waals surface area contributed by atoms with Crippen LogP contribution in [0.4, 0.5) is 0 Å². The highest BCUT2D eigenvalue weighted by Crippen LogP contribution is 2.31. The summed E-state index contributed by atoms with van der Waals surface area (Å²) in [4.78, 5) is 54.8. The Balaban J connectivity index is 1.38. The van der Waals surface area contributed by atoms with Crippen molar-refractivity contribution in [3.63, 3.8) is 0 Å². The zero-order chi connectivity index (χ0) is 22.1. The molecule has 0 saturated carbocycles. The van der Waals surface area contributed by atoms with Crippen LogP contribution in [0, 0.1) is 0 Å². The summed E-state index contributed by atoms with van der Waals surface area (Å²) < 4.78 is 0. The van der Waals surface area contributed by atoms with Crippen LogP contribution in [0.15, 0.2) is 46.8 Å². The lowest BCUT2D eigenvalue weighted by Crippen LogP contribution is -2.40. The van der Waals surface area contributed by atoms with Crippen molar-refractivity contribution < 1.29 is 9.59 Å². The molecular weight excluding hydrogens is 426 g/mol. The number of hydrogen-bond donors (Lipinski definition) is 1. The summed E-state index contributed by atoms with van der Waals surface area (Å²) in [6.45, 7) is 1.40. The first kappa shape index (κ1) is 20.6. The SMILES string of the molecule is O=C(c1ccncc1)N1CCc2c(nc([C@H]3CCCN3C(=O)Cc3cccs3)[nH]c2=O)C1. The van der Waals surface area contributed by atoms with E-state index in [0.717, 1.165) is 17.7 Å². The summed E-state index contributed by atoms with van der Waals surface area (Å²) >= 11 is 1.57. The predicted molar refractivity (Wildman–Crippen MR) is 119 cm³/mol. The highest BCUT2D eigenvalue weighted by molar-refractivity contribution is 7.10. The predicted octanol–water partition coefficient (Wildman–Crippen LogP) is 2.33. The van der Waals surface area contributed by atoms with Gasteiger partial charge < -0.3 is 14.8 Å². The van der Waals surface area contributed by atoms with Gasteiger partial charge in [0, 0.05) is 41.5 Å². The zero-order valence-corrected chi connectivity index (χ0v) is 18.3. The van der Waals surface area contributed by atoms with Crippen molar-refractivity contribution in [3.8, 4) is 0 Å². The molecule has 5 heterocycles. The molecule has 2 aliphatic heterocycles. The number of aromatic nitrogens is 3. The third-order valence-corrected chi connectivity index (χ3v) is 6.98. The summed E-state index contributed by atoms with van der Waals surface area (Å²) in [7, 11) is 0. The standard InChI is InChI=1S/C23H23N5O3S/c29-20(13-16-3-2-12-32-16)28-10-1-4-19(28)21-25-18-14-27(11-7-17(18)22(30)26-21)23(31)15-5-8-24-9-6-15/h2-3,5-6,8-9,12,19H,1,4,7,10-11,13-14H2,(H,25,26,30)/t19-/m1/s1. The molecule has 0 aliphatic carbocycles. The zero-order valence-electron chi connectivity index (χ0n) is 17.5. The molecule has 1 saturated heterocycles. The normalized spacial score (nSPS) is 17.9. The number of nitrogens with one attached hydrogen (secondary N) is 1. The van der Waals surface area contributed by atoms with Gasteiger partial charge in [-0.2, -0.15) is 0 Å². The molecule has 5 rings (SSSR count). The fraction of sp³-hybridized carbons (Fsp3) is 0.348. The molecule has 9 heteroatoms. The molecule has 8 nitrogen and oxygen atoms in total. The van der Waals surface area contributed by atoms with Crippen molar-refractivity contribution >= 4 is 23.2 Å². The fourth-order valence-corrected chi connectivity index (χ4v) is 5.18. The van der Waals surface area contributed by atoms with E-state index in [1.54, 1.807) is 40.8 Å². The van der Waals surface area contributed by atoms with Crippen LogP contribution in [0.25, 0.3) is 0 Å². The molecule has 0 radical (unpaired) electrons. The highest BCUT2D eigenvalue weighted by Gasteiger charge is 2.33. The molecule has 0 aromatic carbocycles. The molecule has 0 spiro atoms. The molecule has 0 bridgehead atoms. The number of thiophene rings is 1. The summed E-state index contributed by atoms with van der Waals surface area (Å²) in [5.74, 6) is 0.462. The number of likely N-dealkylation sites (tertiary alicyclic amines) is 1. The van der Waals surface area contributed by atoms with Gasteiger partial charge in [0.05, 0.1) is 24.7 Å². The summed E-state index contributed by atoms with van der Waals surface area (Å²) in [6.07, 6.45) is 5.63. The number of nitrogens with zero attached hydrogens (tertiary/aromatic N) is 4. The van der Waals surface area contributed by atoms with Crippen molar-refractivity contribution in [1.29, 1.82) is 0 Å². The average Bonchev–Trinajstić information content (AvgIpc) is 3.51. The molecule has 3 aromatic rings. The van der Waals surface area contributed by atoms with Crippen LogP contribution in [-0.2, 0) is 24.2 Å². The summed E-state index contributed by atoms with van der Waals surface area (Å²) in [6, 6.07) is 7.03. The number of pyridine rings is 1. The monoisotopic (exact) mass is 449 g/mol. The topological polar surface area (TPSA) is 99.3 Å². The fourth-order valence-electron chi connectivity index (χ4n) is 4.48. The largest absolute Gasteiger partial charge is 0.332 e. The van der Waals surface area contributed by atoms with Gasteiger partial charge in [-0.1, -0.05) is 6.07 Å². The van der Waals surface area contributed by atoms with Gasteiger partial charge in [0.1, 0.15) is 5.82 Å². The van der Waals surface area contributed by atoms with E-state index in [4.69, 9.17) is 4.98 Å². The Morgan fingerprint density at radius 3 is 2.81 bits per heavy atom. The molecule has 32 heavy (non-hydrogen) atoms. The van der Waals surface area contributed by atoms with Crippen molar-refractivity contribution in [2.75, 3.05) is 13.1 Å². The number of H-pyrrole nitrogens is 1. The minimum atomic E-state index is -0.244. The van der Waals surface area contributed by atoms with Crippen LogP contribution in [0.3, 0.4) is 0 Å². The lowest BCUT2D eigenvalue weighted by atomic mass is 10.0. The van der Waals surface area contributed by atoms with Crippen molar-refractivity contribution in [2.24, 2.45) is 0 Å². The smallest absolute Gasteiger partial charge is 0.254 e. The van der Waals surface area contributed by atoms with Crippen LogP contribution in [-0.4, -0.2) is 49.7 Å². The number of carbonyl (C=O) groups excluding carboxylic acids is 2. The lowest BCUT2D eigenvalue weighted by molar-refractivity contribution is -0.131. The molecule has 1 fully saturated rings. The molecule has 164 valence electrons. The van der Waals surface area contributed by atoms with E-state index in [1.807, 2.05) is 22.4 Å². The average molecular weight is 450 g/mol. The number of fused-ring (bicyclic) bond motifs is 1. The van der Waals surface area contributed by atoms with E-state index in [1.165, 1.54) is 0 Å². The van der Waals surface area contributed by atoms with E-state index in [0.29, 0.717) is 48.6 Å². The van der Waals surface area contributed by atoms with Gasteiger partial charge in [0.25, 0.3) is 11.5 Å². The van der Waals surface area contributed by atoms with Crippen LogP contribution in [0.5, 0.6) is 0 Å². The van der Waals surface area contributed by atoms with Gasteiger partial charge in [0.15, 0.2) is 0 Å². The highest BCUT2D eigenvalue weighted by atomic mass is 32.1. The number of hydrogen-bond acceptors (Lipinski definition) is 6. The van der Waals surface area contributed by atoms with Crippen LogP contribution >= 0.6 is 11.3 Å². The van der Waals surface area contributed by atoms with E-state index in [-0.39, 0.29) is 30.0 Å². The maximum atomic E-state index is 12.9. The second-order valence-corrected chi connectivity index (χ2v) is 9.12. The van der Waals surface area contributed by atoms with Gasteiger partial charge in [-0.25, -0.2) is 4.98 Å². The third-order valence-electron chi connectivity index (χ3n) is 6.10. The Morgan fingerprint density at radius 1 is 1.19 bits per heavy atom. The minimum Gasteiger partial charge on any atom is -0.332 e. The lowest BCUT2D eigenvalue weighted by Gasteiger charge is -2.29. The Kier molecular flexibility index (Phi) is 5.57. The van der Waals surface area contributed by atoms with Gasteiger partial charge in [-0.05, 0) is 42.8 Å². The Labute approximate surface area is 188 Å². The minimum absolute atomic E-state index is 0.0461. The summed E-state index contributed by atoms with van der Waals surface area (Å²) in [5.41, 5.74) is 1.64. The molecule has 1 N–H and O–H groups in total. The van der Waals surface area contributed by atoms with Crippen molar-refractivity contribution in [1.82, 2.24) is 24.8 Å². The molecule has 1 atom stereocenters. The van der Waals surface area contributed by atoms with Crippen molar-refractivity contribution in [3.05, 3.63) is 79.9 Å². The number of amides is 2. The maximum absolute atomic E-state index is 12.9. The van der Waals surface area contributed by atoms with Gasteiger partial charge in [0.2, 0.25) is 5.91 Å². The Bertz CT molecular complexity index is 1190. The Morgan fingerprint density at radius 2 is 2.03 bits per heavy atom. The van der Waals surface area contributed by atoms with E-state index in [9.17, 15) is 14.4 Å². The van der Waals surface area contributed by atoms with E-state index in [2.05, 4.69) is 9.97 Å². The molecule has 3 aromatic heterocycles. The first-order valence-corrected chi connectivity index (χ1v) is 11.6. The van der Waals surface area contributed by atoms with Crippen LogP contribution < -0.4 is 5.56 Å². The molecule has 0 unspecified atom stereocenters. The van der Waals surface area contributed by atoms with E-state index >= 15 is 0 Å². The van der Waals surface area contributed by atoms with E-state index < -0.39 is 0 Å². The summed E-state index contributed by atoms with van der Waals surface area (Å²) in [5, 5.41) is 1.96. The molecule has 2 aliphatic rings.